The predicted molar refractivity (Wildman–Crippen MR) is 138 cm³/mol. The maximum atomic E-state index is 13.9. The summed E-state index contributed by atoms with van der Waals surface area (Å²) in [5.41, 5.74) is -0.348. The Labute approximate surface area is 221 Å². The van der Waals surface area contributed by atoms with Gasteiger partial charge in [-0.15, -0.1) is 0 Å². The fourth-order valence-electron chi connectivity index (χ4n) is 4.06. The Morgan fingerprint density at radius 3 is 2.37 bits per heavy atom. The molecule has 0 radical (unpaired) electrons. The Bertz CT molecular complexity index is 1680. The van der Waals surface area contributed by atoms with E-state index in [0.29, 0.717) is 28.6 Å². The molecule has 4 aromatic heterocycles. The molecule has 198 valence electrons. The number of hydrogen-bond acceptors (Lipinski definition) is 6. The smallest absolute Gasteiger partial charge is 0.263 e. The third kappa shape index (κ3) is 5.23. The van der Waals surface area contributed by atoms with Crippen LogP contribution in [0.5, 0.6) is 5.75 Å². The molecule has 0 saturated heterocycles. The molecule has 4 rings (SSSR count). The van der Waals surface area contributed by atoms with Crippen LogP contribution in [0.15, 0.2) is 52.4 Å². The van der Waals surface area contributed by atoms with E-state index in [0.717, 1.165) is 6.20 Å². The van der Waals surface area contributed by atoms with E-state index in [4.69, 9.17) is 16.3 Å². The molecule has 0 aliphatic carbocycles. The van der Waals surface area contributed by atoms with Gasteiger partial charge in [-0.1, -0.05) is 11.6 Å². The number of halogens is 3. The van der Waals surface area contributed by atoms with Gasteiger partial charge >= 0.3 is 0 Å². The summed E-state index contributed by atoms with van der Waals surface area (Å²) in [6.45, 7) is 7.82. The minimum Gasteiger partial charge on any atom is -0.487 e. The van der Waals surface area contributed by atoms with Crippen LogP contribution in [0.1, 0.15) is 41.9 Å². The predicted octanol–water partition coefficient (Wildman–Crippen LogP) is 4.44. The lowest BCUT2D eigenvalue weighted by atomic mass is 9.98. The molecule has 0 fully saturated rings. The Kier molecular flexibility index (Phi) is 7.22. The number of ether oxygens (including phenoxy) is 1. The molecular weight excluding hydrogens is 518 g/mol. The Hall–Kier alpha value is -3.89. The highest BCUT2D eigenvalue weighted by Crippen LogP contribution is 2.28. The van der Waals surface area contributed by atoms with E-state index >= 15 is 0 Å². The van der Waals surface area contributed by atoms with Crippen LogP contribution in [0.2, 0.25) is 5.02 Å². The minimum absolute atomic E-state index is 0.0324. The second kappa shape index (κ2) is 10.1. The molecule has 0 spiro atoms. The molecular formula is C27H25ClF2N4O4. The fourth-order valence-corrected chi connectivity index (χ4v) is 4.42. The lowest BCUT2D eigenvalue weighted by molar-refractivity contribution is 0.0768. The number of pyridine rings is 4. The number of aromatic nitrogens is 4. The van der Waals surface area contributed by atoms with Gasteiger partial charge in [0.25, 0.3) is 11.1 Å². The lowest BCUT2D eigenvalue weighted by Gasteiger charge is -2.21. The largest absolute Gasteiger partial charge is 0.487 e. The number of hydrogen-bond donors (Lipinski definition) is 1. The molecule has 11 heteroatoms. The summed E-state index contributed by atoms with van der Waals surface area (Å²) in [5.74, 6) is -1.24. The first kappa shape index (κ1) is 27.2. The van der Waals surface area contributed by atoms with Crippen LogP contribution in [0.25, 0.3) is 11.5 Å². The molecule has 8 nitrogen and oxygen atoms in total. The topological polar surface area (TPSA) is 99.2 Å². The van der Waals surface area contributed by atoms with E-state index in [1.165, 1.54) is 41.4 Å². The lowest BCUT2D eigenvalue weighted by Crippen LogP contribution is -2.32. The average molecular weight is 543 g/mol. The molecule has 1 N–H and O–H groups in total. The SMILES string of the molecule is Cc1cnc(-n2cc(C)c(Cl)c(C(C)(C)O)c2=O)cc1-n1c(C)cc(OCc2ncc(F)cc2F)cc1=O. The van der Waals surface area contributed by atoms with Crippen molar-refractivity contribution >= 4 is 11.6 Å². The van der Waals surface area contributed by atoms with Gasteiger partial charge in [-0.05, 0) is 45.7 Å². The summed E-state index contributed by atoms with van der Waals surface area (Å²) >= 11 is 6.34. The second-order valence-corrected chi connectivity index (χ2v) is 9.82. The van der Waals surface area contributed by atoms with Crippen molar-refractivity contribution in [3.63, 3.8) is 0 Å². The molecule has 0 bridgehead atoms. The maximum Gasteiger partial charge on any atom is 0.263 e. The standard InChI is InChI=1S/C27H25ClF2N4O4/c1-14-10-32-22(33-12-15(2)25(28)24(26(33)36)27(4,5)37)9-21(14)34-16(3)6-18(8-23(34)35)38-13-20-19(30)7-17(29)11-31-20/h6-12,37H,13H2,1-5H3. The summed E-state index contributed by atoms with van der Waals surface area (Å²) in [4.78, 5) is 34.5. The van der Waals surface area contributed by atoms with Gasteiger partial charge < -0.3 is 9.84 Å². The number of aryl methyl sites for hydroxylation is 3. The van der Waals surface area contributed by atoms with Gasteiger partial charge in [-0.25, -0.2) is 13.8 Å². The number of rotatable bonds is 6. The van der Waals surface area contributed by atoms with E-state index in [9.17, 15) is 23.5 Å². The van der Waals surface area contributed by atoms with Crippen LogP contribution in [0.3, 0.4) is 0 Å². The zero-order valence-electron chi connectivity index (χ0n) is 21.3. The van der Waals surface area contributed by atoms with Crippen LogP contribution in [-0.2, 0) is 12.2 Å². The van der Waals surface area contributed by atoms with Crippen molar-refractivity contribution in [2.24, 2.45) is 0 Å². The van der Waals surface area contributed by atoms with Crippen LogP contribution in [0.4, 0.5) is 8.78 Å². The summed E-state index contributed by atoms with van der Waals surface area (Å²) in [6, 6.07) is 5.12. The number of nitrogens with zero attached hydrogens (tertiary/aromatic N) is 4. The number of aliphatic hydroxyl groups is 1. The van der Waals surface area contributed by atoms with Crippen molar-refractivity contribution < 1.29 is 18.6 Å². The van der Waals surface area contributed by atoms with Gasteiger partial charge in [0.05, 0.1) is 28.1 Å². The maximum absolute atomic E-state index is 13.9. The van der Waals surface area contributed by atoms with E-state index < -0.39 is 28.4 Å². The van der Waals surface area contributed by atoms with Gasteiger partial charge in [0, 0.05) is 42.4 Å². The highest BCUT2D eigenvalue weighted by atomic mass is 35.5. The van der Waals surface area contributed by atoms with E-state index in [1.807, 2.05) is 0 Å². The summed E-state index contributed by atoms with van der Waals surface area (Å²) in [7, 11) is 0. The molecule has 0 amide bonds. The molecule has 0 aromatic carbocycles. The van der Waals surface area contributed by atoms with Crippen LogP contribution in [-0.4, -0.2) is 24.2 Å². The molecule has 0 aliphatic rings. The third-order valence-corrected chi connectivity index (χ3v) is 6.42. The first-order valence-electron chi connectivity index (χ1n) is 11.6. The van der Waals surface area contributed by atoms with Crippen molar-refractivity contribution in [2.75, 3.05) is 0 Å². The van der Waals surface area contributed by atoms with Crippen LogP contribution >= 0.6 is 11.6 Å². The molecule has 4 heterocycles. The normalized spacial score (nSPS) is 11.6. The monoisotopic (exact) mass is 542 g/mol. The van der Waals surface area contributed by atoms with Gasteiger partial charge in [0.15, 0.2) is 5.82 Å². The third-order valence-electron chi connectivity index (χ3n) is 5.93. The van der Waals surface area contributed by atoms with Gasteiger partial charge in [-0.2, -0.15) is 0 Å². The Morgan fingerprint density at radius 1 is 1.03 bits per heavy atom. The summed E-state index contributed by atoms with van der Waals surface area (Å²) in [5, 5.41) is 10.7. The molecule has 38 heavy (non-hydrogen) atoms. The minimum atomic E-state index is -1.49. The summed E-state index contributed by atoms with van der Waals surface area (Å²) < 4.78 is 35.2. The summed E-state index contributed by atoms with van der Waals surface area (Å²) in [6.07, 6.45) is 3.94. The molecule has 0 aliphatic heterocycles. The first-order valence-corrected chi connectivity index (χ1v) is 11.9. The molecule has 0 atom stereocenters. The van der Waals surface area contributed by atoms with Gasteiger partial charge in [0.2, 0.25) is 0 Å². The quantitative estimate of drug-likeness (QED) is 0.387. The van der Waals surface area contributed by atoms with E-state index in [-0.39, 0.29) is 34.5 Å². The first-order chi connectivity index (χ1) is 17.8. The van der Waals surface area contributed by atoms with Crippen LogP contribution < -0.4 is 15.9 Å². The molecule has 0 saturated carbocycles. The Morgan fingerprint density at radius 2 is 1.74 bits per heavy atom. The fraction of sp³-hybridized carbons (Fsp3) is 0.259. The molecule has 0 unspecified atom stereocenters. The van der Waals surface area contributed by atoms with E-state index in [1.54, 1.807) is 32.9 Å². The Balaban J connectivity index is 1.75. The van der Waals surface area contributed by atoms with Gasteiger partial charge in [0.1, 0.15) is 29.7 Å². The van der Waals surface area contributed by atoms with Crippen molar-refractivity contribution in [1.29, 1.82) is 0 Å². The van der Waals surface area contributed by atoms with Crippen molar-refractivity contribution in [1.82, 2.24) is 19.1 Å². The van der Waals surface area contributed by atoms with Gasteiger partial charge in [-0.3, -0.25) is 23.7 Å². The second-order valence-electron chi connectivity index (χ2n) is 9.44. The van der Waals surface area contributed by atoms with Crippen LogP contribution in [0, 0.1) is 32.4 Å². The highest BCUT2D eigenvalue weighted by Gasteiger charge is 2.27. The zero-order chi connectivity index (χ0) is 27.9. The van der Waals surface area contributed by atoms with Crippen molar-refractivity contribution in [2.45, 2.75) is 46.8 Å². The average Bonchev–Trinajstić information content (AvgIpc) is 2.81. The molecule has 4 aromatic rings. The van der Waals surface area contributed by atoms with Crippen molar-refractivity contribution in [3.05, 3.63) is 108 Å². The van der Waals surface area contributed by atoms with Crippen molar-refractivity contribution in [3.8, 4) is 17.3 Å². The van der Waals surface area contributed by atoms with E-state index in [2.05, 4.69) is 9.97 Å². The zero-order valence-corrected chi connectivity index (χ0v) is 22.1. The highest BCUT2D eigenvalue weighted by molar-refractivity contribution is 6.32.